The van der Waals surface area contributed by atoms with Crippen molar-refractivity contribution in [2.24, 2.45) is 0 Å². The van der Waals surface area contributed by atoms with Crippen LogP contribution >= 0.6 is 0 Å². The molecule has 0 radical (unpaired) electrons. The van der Waals surface area contributed by atoms with Gasteiger partial charge in [0.25, 0.3) is 0 Å². The number of hydrogen-bond donors (Lipinski definition) is 2. The molecule has 2 aromatic carbocycles. The average Bonchev–Trinajstić information content (AvgIpc) is 2.58. The summed E-state index contributed by atoms with van der Waals surface area (Å²) in [4.78, 5) is 12.4. The fourth-order valence-electron chi connectivity index (χ4n) is 2.38. The Labute approximate surface area is 157 Å². The van der Waals surface area contributed by atoms with E-state index in [1.807, 2.05) is 44.2 Å². The molecule has 26 heavy (non-hydrogen) atoms. The molecule has 0 saturated heterocycles. The molecule has 3 nitrogen and oxygen atoms in total. The van der Waals surface area contributed by atoms with Gasteiger partial charge in [0.1, 0.15) is 0 Å². The van der Waals surface area contributed by atoms with Crippen LogP contribution in [-0.2, 0) is 0 Å². The summed E-state index contributed by atoms with van der Waals surface area (Å²) in [5.41, 5.74) is 4.28. The molecule has 0 aliphatic heterocycles. The normalized spacial score (nSPS) is 11.3. The topological polar surface area (TPSA) is 41.1 Å². The molecular formula is C19H21F3N2OSe. The number of anilines is 2. The number of halogens is 3. The van der Waals surface area contributed by atoms with Crippen LogP contribution in [0.5, 0.6) is 0 Å². The van der Waals surface area contributed by atoms with Crippen LogP contribution in [-0.4, -0.2) is 32.5 Å². The van der Waals surface area contributed by atoms with Crippen molar-refractivity contribution in [3.63, 3.8) is 0 Å². The van der Waals surface area contributed by atoms with E-state index in [0.29, 0.717) is 17.7 Å². The zero-order chi connectivity index (χ0) is 19.2. The third kappa shape index (κ3) is 6.07. The van der Waals surface area contributed by atoms with Crippen LogP contribution in [0.4, 0.5) is 24.5 Å². The number of benzene rings is 2. The summed E-state index contributed by atoms with van der Waals surface area (Å²) >= 11 is -1.39. The maximum absolute atomic E-state index is 12.4. The van der Waals surface area contributed by atoms with Gasteiger partial charge in [-0.3, -0.25) is 0 Å². The van der Waals surface area contributed by atoms with Crippen molar-refractivity contribution in [2.75, 3.05) is 11.9 Å². The van der Waals surface area contributed by atoms with Crippen molar-refractivity contribution in [3.05, 3.63) is 59.2 Å². The quantitative estimate of drug-likeness (QED) is 0.490. The molecule has 7 heteroatoms. The first-order valence-electron chi connectivity index (χ1n) is 8.19. The van der Waals surface area contributed by atoms with Gasteiger partial charge < -0.3 is 0 Å². The number of amides is 1. The Hall–Kier alpha value is -1.98. The van der Waals surface area contributed by atoms with Crippen molar-refractivity contribution < 1.29 is 18.0 Å². The van der Waals surface area contributed by atoms with Crippen LogP contribution in [0.1, 0.15) is 27.9 Å². The molecule has 1 amide bonds. The minimum absolute atomic E-state index is 0.0686. The first kappa shape index (κ1) is 20.3. The molecule has 2 aromatic rings. The summed E-state index contributed by atoms with van der Waals surface area (Å²) < 4.78 is 36.5. The Morgan fingerprint density at radius 3 is 2.46 bits per heavy atom. The number of nitrogens with one attached hydrogen (secondary N) is 2. The van der Waals surface area contributed by atoms with Gasteiger partial charge in [-0.25, -0.2) is 0 Å². The van der Waals surface area contributed by atoms with Gasteiger partial charge in [-0.1, -0.05) is 0 Å². The van der Waals surface area contributed by atoms with Crippen molar-refractivity contribution in [1.29, 1.82) is 0 Å². The summed E-state index contributed by atoms with van der Waals surface area (Å²) in [6, 6.07) is 13.0. The summed E-state index contributed by atoms with van der Waals surface area (Å²) in [6.45, 7) is 4.25. The van der Waals surface area contributed by atoms with Crippen LogP contribution in [0.3, 0.4) is 0 Å². The van der Waals surface area contributed by atoms with Crippen molar-refractivity contribution in [1.82, 2.24) is 5.32 Å². The van der Waals surface area contributed by atoms with E-state index in [1.54, 1.807) is 12.1 Å². The van der Waals surface area contributed by atoms with Gasteiger partial charge in [0.05, 0.1) is 0 Å². The minimum atomic E-state index is -4.08. The molecule has 0 bridgehead atoms. The number of hydrogen-bond acceptors (Lipinski definition) is 2. The van der Waals surface area contributed by atoms with E-state index in [1.165, 1.54) is 0 Å². The second kappa shape index (κ2) is 9.10. The Morgan fingerprint density at radius 1 is 1.04 bits per heavy atom. The Morgan fingerprint density at radius 2 is 1.73 bits per heavy atom. The predicted molar refractivity (Wildman–Crippen MR) is 99.2 cm³/mol. The zero-order valence-electron chi connectivity index (χ0n) is 14.6. The molecule has 0 saturated carbocycles. The summed E-state index contributed by atoms with van der Waals surface area (Å²) in [6.07, 6.45) is 0.317. The van der Waals surface area contributed by atoms with Crippen LogP contribution in [0.15, 0.2) is 42.5 Å². The van der Waals surface area contributed by atoms with Crippen LogP contribution in [0.25, 0.3) is 0 Å². The molecule has 140 valence electrons. The van der Waals surface area contributed by atoms with E-state index in [4.69, 9.17) is 0 Å². The molecule has 0 fully saturated rings. The number of alkyl halides is 3. The predicted octanol–water partition coefficient (Wildman–Crippen LogP) is 4.81. The van der Waals surface area contributed by atoms with Crippen molar-refractivity contribution >= 4 is 32.2 Å². The Bertz CT molecular complexity index is 763. The van der Waals surface area contributed by atoms with Gasteiger partial charge in [0.2, 0.25) is 0 Å². The molecule has 0 aliphatic carbocycles. The number of rotatable bonds is 7. The Balaban J connectivity index is 1.99. The van der Waals surface area contributed by atoms with Crippen LogP contribution < -0.4 is 10.6 Å². The van der Waals surface area contributed by atoms with Gasteiger partial charge in [-0.05, 0) is 0 Å². The average molecular weight is 429 g/mol. The molecule has 0 aliphatic rings. The number of para-hydroxylation sites is 1. The summed E-state index contributed by atoms with van der Waals surface area (Å²) in [5.74, 6) is -0.294. The SMILES string of the molecule is Cc1cccc(Nc2ccccc2C(=O)NCCC[Se]C(F)(F)F)c1C. The van der Waals surface area contributed by atoms with Gasteiger partial charge in [-0.2, -0.15) is 0 Å². The molecule has 0 aromatic heterocycles. The second-order valence-electron chi connectivity index (χ2n) is 5.82. The van der Waals surface area contributed by atoms with Gasteiger partial charge in [0, 0.05) is 0 Å². The molecule has 2 rings (SSSR count). The number of carbonyl (C=O) groups excluding carboxylic acids is 1. The fraction of sp³-hybridized carbons (Fsp3) is 0.316. The van der Waals surface area contributed by atoms with E-state index in [2.05, 4.69) is 10.6 Å². The molecule has 0 atom stereocenters. The van der Waals surface area contributed by atoms with E-state index in [0.717, 1.165) is 16.8 Å². The monoisotopic (exact) mass is 430 g/mol. The zero-order valence-corrected chi connectivity index (χ0v) is 16.3. The molecule has 0 spiro atoms. The number of carbonyl (C=O) groups is 1. The molecule has 0 heterocycles. The van der Waals surface area contributed by atoms with E-state index < -0.39 is 20.0 Å². The van der Waals surface area contributed by atoms with Crippen molar-refractivity contribution in [3.8, 4) is 0 Å². The maximum atomic E-state index is 12.4. The third-order valence-corrected chi connectivity index (χ3v) is 5.64. The first-order valence-corrected chi connectivity index (χ1v) is 10.3. The van der Waals surface area contributed by atoms with E-state index in [9.17, 15) is 18.0 Å². The van der Waals surface area contributed by atoms with E-state index in [-0.39, 0.29) is 17.8 Å². The second-order valence-corrected chi connectivity index (χ2v) is 8.26. The van der Waals surface area contributed by atoms with Crippen LogP contribution in [0, 0.1) is 13.8 Å². The summed E-state index contributed by atoms with van der Waals surface area (Å²) in [7, 11) is 0. The molecule has 0 unspecified atom stereocenters. The summed E-state index contributed by atoms with van der Waals surface area (Å²) in [5, 5.41) is 1.96. The van der Waals surface area contributed by atoms with Crippen LogP contribution in [0.2, 0.25) is 5.32 Å². The fourth-order valence-corrected chi connectivity index (χ4v) is 3.47. The number of aryl methyl sites for hydroxylation is 1. The van der Waals surface area contributed by atoms with Gasteiger partial charge in [0.15, 0.2) is 0 Å². The molecule has 2 N–H and O–H groups in total. The van der Waals surface area contributed by atoms with Gasteiger partial charge >= 0.3 is 157 Å². The first-order chi connectivity index (χ1) is 12.3. The standard InChI is InChI=1S/C19H21F3N2OSe/c1-13-7-5-10-16(14(13)2)24-17-9-4-3-8-15(17)18(25)23-11-6-12-26-19(20,21)22/h3-5,7-10,24H,6,11-12H2,1-2H3,(H,23,25). The van der Waals surface area contributed by atoms with Gasteiger partial charge in [-0.15, -0.1) is 0 Å². The van der Waals surface area contributed by atoms with Crippen molar-refractivity contribution in [2.45, 2.75) is 30.7 Å². The Kier molecular flexibility index (Phi) is 7.12. The third-order valence-electron chi connectivity index (χ3n) is 3.92. The van der Waals surface area contributed by atoms with E-state index >= 15 is 0 Å². The molecular weight excluding hydrogens is 408 g/mol.